The molecule has 3 nitrogen and oxygen atoms in total. The summed E-state index contributed by atoms with van der Waals surface area (Å²) in [5.41, 5.74) is 3.81. The minimum absolute atomic E-state index is 0.280. The summed E-state index contributed by atoms with van der Waals surface area (Å²) in [6.07, 6.45) is 0.844. The highest BCUT2D eigenvalue weighted by Gasteiger charge is 2.23. The average Bonchev–Trinajstić information content (AvgIpc) is 2.78. The van der Waals surface area contributed by atoms with Crippen molar-refractivity contribution in [1.29, 1.82) is 0 Å². The molecule has 2 heterocycles. The molecule has 0 amide bonds. The van der Waals surface area contributed by atoms with Crippen LogP contribution in [0, 0.1) is 11.6 Å². The van der Waals surface area contributed by atoms with Crippen molar-refractivity contribution in [1.82, 2.24) is 9.47 Å². The Labute approximate surface area is 161 Å². The third-order valence-corrected chi connectivity index (χ3v) is 5.64. The summed E-state index contributed by atoms with van der Waals surface area (Å²) in [7, 11) is 2.10. The fourth-order valence-electron chi connectivity index (χ4n) is 3.93. The van der Waals surface area contributed by atoms with Crippen LogP contribution >= 0.6 is 11.6 Å². The second-order valence-corrected chi connectivity index (χ2v) is 7.63. The molecule has 1 N–H and O–H groups in total. The Hall–Kier alpha value is -1.95. The highest BCUT2D eigenvalue weighted by atomic mass is 35.5. The van der Waals surface area contributed by atoms with Gasteiger partial charge in [0.2, 0.25) is 0 Å². The van der Waals surface area contributed by atoms with E-state index in [2.05, 4.69) is 16.5 Å². The molecule has 0 saturated carbocycles. The molecule has 1 aliphatic heterocycles. The molecule has 0 aliphatic carbocycles. The Kier molecular flexibility index (Phi) is 4.93. The average molecular weight is 391 g/mol. The fourth-order valence-corrected chi connectivity index (χ4v) is 4.10. The van der Waals surface area contributed by atoms with Crippen molar-refractivity contribution in [3.63, 3.8) is 0 Å². The van der Waals surface area contributed by atoms with Gasteiger partial charge in [-0.2, -0.15) is 0 Å². The molecule has 4 rings (SSSR count). The zero-order valence-corrected chi connectivity index (χ0v) is 15.8. The second-order valence-electron chi connectivity index (χ2n) is 7.19. The summed E-state index contributed by atoms with van der Waals surface area (Å²) in [6, 6.07) is 9.33. The molecule has 6 heteroatoms. The van der Waals surface area contributed by atoms with Gasteiger partial charge in [0.15, 0.2) is 11.6 Å². The Morgan fingerprint density at radius 2 is 1.85 bits per heavy atom. The highest BCUT2D eigenvalue weighted by Crippen LogP contribution is 2.33. The number of aliphatic hydroxyl groups excluding tert-OH is 1. The van der Waals surface area contributed by atoms with Gasteiger partial charge in [-0.05, 0) is 54.9 Å². The predicted octanol–water partition coefficient (Wildman–Crippen LogP) is 4.34. The minimum atomic E-state index is -0.948. The zero-order chi connectivity index (χ0) is 19.1. The maximum atomic E-state index is 13.6. The van der Waals surface area contributed by atoms with E-state index in [1.54, 1.807) is 0 Å². The van der Waals surface area contributed by atoms with Crippen molar-refractivity contribution in [3.8, 4) is 0 Å². The third kappa shape index (κ3) is 3.47. The van der Waals surface area contributed by atoms with Gasteiger partial charge in [0.05, 0.1) is 12.6 Å². The minimum Gasteiger partial charge on any atom is -0.387 e. The first-order valence-corrected chi connectivity index (χ1v) is 9.43. The number of aromatic nitrogens is 1. The van der Waals surface area contributed by atoms with E-state index in [0.717, 1.165) is 49.0 Å². The van der Waals surface area contributed by atoms with E-state index in [9.17, 15) is 13.9 Å². The predicted molar refractivity (Wildman–Crippen MR) is 103 cm³/mol. The molecule has 27 heavy (non-hydrogen) atoms. The summed E-state index contributed by atoms with van der Waals surface area (Å²) >= 11 is 6.23. The van der Waals surface area contributed by atoms with Crippen LogP contribution in [0.25, 0.3) is 10.9 Å². The van der Waals surface area contributed by atoms with E-state index in [1.165, 1.54) is 17.3 Å². The second kappa shape index (κ2) is 7.23. The first kappa shape index (κ1) is 18.4. The standard InChI is InChI=1S/C21H21ClF2N2O/c1-25-8-6-15-16-11-14(22)3-5-19(16)26(20(15)7-9-25)12-21(27)13-2-4-17(23)18(24)10-13/h2-5,10-11,21,27H,6-9,12H2,1H3. The number of likely N-dealkylation sites (N-methyl/N-ethyl adjacent to an activating group) is 1. The summed E-state index contributed by atoms with van der Waals surface area (Å²) in [6.45, 7) is 2.17. The van der Waals surface area contributed by atoms with E-state index in [4.69, 9.17) is 11.6 Å². The molecule has 0 radical (unpaired) electrons. The lowest BCUT2D eigenvalue weighted by atomic mass is 10.1. The van der Waals surface area contributed by atoms with Gasteiger partial charge in [-0.25, -0.2) is 8.78 Å². The van der Waals surface area contributed by atoms with Crippen molar-refractivity contribution in [2.24, 2.45) is 0 Å². The fraction of sp³-hybridized carbons (Fsp3) is 0.333. The maximum Gasteiger partial charge on any atom is 0.159 e. The molecule has 2 aromatic carbocycles. The molecule has 142 valence electrons. The van der Waals surface area contributed by atoms with Crippen LogP contribution in [0.15, 0.2) is 36.4 Å². The van der Waals surface area contributed by atoms with Crippen molar-refractivity contribution in [2.45, 2.75) is 25.5 Å². The van der Waals surface area contributed by atoms with Gasteiger partial charge in [-0.3, -0.25) is 0 Å². The zero-order valence-electron chi connectivity index (χ0n) is 15.1. The first-order valence-electron chi connectivity index (χ1n) is 9.05. The Morgan fingerprint density at radius 1 is 1.07 bits per heavy atom. The molecule has 1 atom stereocenters. The van der Waals surface area contributed by atoms with E-state index < -0.39 is 17.7 Å². The molecule has 0 spiro atoms. The van der Waals surface area contributed by atoms with E-state index >= 15 is 0 Å². The Morgan fingerprint density at radius 3 is 2.63 bits per heavy atom. The molecule has 3 aromatic rings. The number of nitrogens with zero attached hydrogens (tertiary/aromatic N) is 2. The Balaban J connectivity index is 1.77. The Bertz CT molecular complexity index is 1000. The van der Waals surface area contributed by atoms with Crippen molar-refractivity contribution < 1.29 is 13.9 Å². The van der Waals surface area contributed by atoms with Crippen LogP contribution in [0.4, 0.5) is 8.78 Å². The molecule has 0 bridgehead atoms. The third-order valence-electron chi connectivity index (χ3n) is 5.41. The molecule has 0 saturated heterocycles. The van der Waals surface area contributed by atoms with Crippen LogP contribution < -0.4 is 0 Å². The summed E-state index contributed by atoms with van der Waals surface area (Å²) in [5.74, 6) is -1.86. The number of fused-ring (bicyclic) bond motifs is 3. The van der Waals surface area contributed by atoms with E-state index in [1.807, 2.05) is 18.2 Å². The molecule has 0 fully saturated rings. The summed E-state index contributed by atoms with van der Waals surface area (Å²) < 4.78 is 28.9. The molecular weight excluding hydrogens is 370 g/mol. The van der Waals surface area contributed by atoms with Gasteiger partial charge in [-0.1, -0.05) is 17.7 Å². The van der Waals surface area contributed by atoms with Crippen LogP contribution in [-0.2, 0) is 19.4 Å². The first-order chi connectivity index (χ1) is 12.9. The van der Waals surface area contributed by atoms with Crippen molar-refractivity contribution >= 4 is 22.5 Å². The maximum absolute atomic E-state index is 13.6. The molecule has 1 unspecified atom stereocenters. The van der Waals surface area contributed by atoms with Crippen LogP contribution in [-0.4, -0.2) is 34.7 Å². The number of aliphatic hydroxyl groups is 1. The van der Waals surface area contributed by atoms with Gasteiger partial charge in [0.25, 0.3) is 0 Å². The number of halogens is 3. The van der Waals surface area contributed by atoms with Gasteiger partial charge < -0.3 is 14.6 Å². The quantitative estimate of drug-likeness (QED) is 0.720. The number of rotatable bonds is 3. The summed E-state index contributed by atoms with van der Waals surface area (Å²) in [4.78, 5) is 2.28. The van der Waals surface area contributed by atoms with Crippen LogP contribution in [0.2, 0.25) is 5.02 Å². The summed E-state index contributed by atoms with van der Waals surface area (Å²) in [5, 5.41) is 12.5. The number of benzene rings is 2. The van der Waals surface area contributed by atoms with Crippen molar-refractivity contribution in [2.75, 3.05) is 20.1 Å². The van der Waals surface area contributed by atoms with E-state index in [0.29, 0.717) is 10.6 Å². The lowest BCUT2D eigenvalue weighted by molar-refractivity contribution is 0.156. The van der Waals surface area contributed by atoms with Crippen molar-refractivity contribution in [3.05, 3.63) is 69.9 Å². The molecule has 1 aliphatic rings. The topological polar surface area (TPSA) is 28.4 Å². The molecule has 1 aromatic heterocycles. The van der Waals surface area contributed by atoms with Gasteiger partial charge in [0.1, 0.15) is 0 Å². The molecular formula is C21H21ClF2N2O. The number of hydrogen-bond acceptors (Lipinski definition) is 2. The SMILES string of the molecule is CN1CCc2c(n(CC(O)c3ccc(F)c(F)c3)c3ccc(Cl)cc23)CC1. The largest absolute Gasteiger partial charge is 0.387 e. The van der Waals surface area contributed by atoms with Crippen LogP contribution in [0.5, 0.6) is 0 Å². The van der Waals surface area contributed by atoms with E-state index in [-0.39, 0.29) is 6.54 Å². The van der Waals surface area contributed by atoms with Gasteiger partial charge in [-0.15, -0.1) is 0 Å². The number of hydrogen-bond donors (Lipinski definition) is 1. The lowest BCUT2D eigenvalue weighted by Crippen LogP contribution is -2.21. The smallest absolute Gasteiger partial charge is 0.159 e. The van der Waals surface area contributed by atoms with Gasteiger partial charge >= 0.3 is 0 Å². The van der Waals surface area contributed by atoms with Gasteiger partial charge in [0, 0.05) is 41.1 Å². The monoisotopic (exact) mass is 390 g/mol. The highest BCUT2D eigenvalue weighted by molar-refractivity contribution is 6.31. The van der Waals surface area contributed by atoms with Crippen LogP contribution in [0.3, 0.4) is 0 Å². The lowest BCUT2D eigenvalue weighted by Gasteiger charge is -2.17. The van der Waals surface area contributed by atoms with Crippen LogP contribution in [0.1, 0.15) is 22.9 Å². The normalized spacial score (nSPS) is 16.3.